The summed E-state index contributed by atoms with van der Waals surface area (Å²) in [6.45, 7) is 15.5. The maximum atomic E-state index is 2.81. The molecule has 4 aliphatic rings. The van der Waals surface area contributed by atoms with Crippen molar-refractivity contribution in [1.82, 2.24) is 0 Å². The minimum absolute atomic E-state index is 0.818. The molecule has 10 atom stereocenters. The summed E-state index contributed by atoms with van der Waals surface area (Å²) in [5, 5.41) is 0. The van der Waals surface area contributed by atoms with Crippen LogP contribution in [0, 0.1) is 71.0 Å². The predicted octanol–water partition coefficient (Wildman–Crippen LogP) is 16.8. The van der Waals surface area contributed by atoms with E-state index < -0.39 is 0 Å². The van der Waals surface area contributed by atoms with Gasteiger partial charge in [0.25, 0.3) is 0 Å². The van der Waals surface area contributed by atoms with E-state index in [1.807, 2.05) is 5.57 Å². The van der Waals surface area contributed by atoms with Crippen molar-refractivity contribution in [1.29, 1.82) is 0 Å². The van der Waals surface area contributed by atoms with Crippen LogP contribution in [0.1, 0.15) is 221 Å². The first-order chi connectivity index (χ1) is 24.4. The van der Waals surface area contributed by atoms with Crippen LogP contribution in [0.15, 0.2) is 11.6 Å². The van der Waals surface area contributed by atoms with E-state index in [0.29, 0.717) is 0 Å². The third-order valence-electron chi connectivity index (χ3n) is 16.0. The molecule has 0 nitrogen and oxygen atoms in total. The molecule has 4 rings (SSSR count). The Kier molecular flexibility index (Phi) is 20.8. The second-order valence-electron chi connectivity index (χ2n) is 19.3. The minimum Gasteiger partial charge on any atom is -0.0864 e. The maximum Gasteiger partial charge on any atom is -0.000188 e. The van der Waals surface area contributed by atoms with Crippen molar-refractivity contribution in [3.63, 3.8) is 0 Å². The van der Waals surface area contributed by atoms with Gasteiger partial charge in [-0.05, 0) is 152 Å². The van der Waals surface area contributed by atoms with Crippen molar-refractivity contribution in [3.8, 4) is 0 Å². The summed E-state index contributed by atoms with van der Waals surface area (Å²) in [4.78, 5) is 0. The summed E-state index contributed by atoms with van der Waals surface area (Å²) in [5.74, 6) is 11.5. The van der Waals surface area contributed by atoms with Gasteiger partial charge in [0.2, 0.25) is 0 Å². The van der Waals surface area contributed by atoms with Crippen LogP contribution >= 0.6 is 22.6 Å². The Labute approximate surface area is 329 Å². The van der Waals surface area contributed by atoms with Gasteiger partial charge in [-0.1, -0.05) is 179 Å². The zero-order valence-electron chi connectivity index (χ0n) is 34.9. The lowest BCUT2D eigenvalue weighted by atomic mass is 9.52. The Balaban J connectivity index is 1.69. The molecule has 292 valence electrons. The Morgan fingerprint density at radius 3 is 2.14 bits per heavy atom. The SMILES string of the molecule is CCCCCCCCC(C(C)C)C(C(C)CCC1=CCCCC1)C1CCC(C2CCCCC2)CC1C(CCI)C1CCCC(CC)C1CCC. The lowest BCUT2D eigenvalue weighted by Crippen LogP contribution is -2.46. The fourth-order valence-electron chi connectivity index (χ4n) is 13.4. The lowest BCUT2D eigenvalue weighted by Gasteiger charge is -2.54. The van der Waals surface area contributed by atoms with E-state index in [1.54, 1.807) is 38.5 Å². The first-order valence-corrected chi connectivity index (χ1v) is 25.2. The fraction of sp³-hybridized carbons (Fsp3) is 0.959. The number of rotatable bonds is 22. The van der Waals surface area contributed by atoms with E-state index in [-0.39, 0.29) is 0 Å². The third kappa shape index (κ3) is 12.8. The van der Waals surface area contributed by atoms with E-state index in [2.05, 4.69) is 70.2 Å². The summed E-state index contributed by atoms with van der Waals surface area (Å²) in [6.07, 6.45) is 44.2. The predicted molar refractivity (Wildman–Crippen MR) is 232 cm³/mol. The molecule has 0 aliphatic heterocycles. The number of hydrogen-bond donors (Lipinski definition) is 0. The van der Waals surface area contributed by atoms with Gasteiger partial charge in [0, 0.05) is 0 Å². The van der Waals surface area contributed by atoms with E-state index in [9.17, 15) is 0 Å². The van der Waals surface area contributed by atoms with Crippen LogP contribution in [0.4, 0.5) is 0 Å². The van der Waals surface area contributed by atoms with Gasteiger partial charge in [-0.3, -0.25) is 0 Å². The number of alkyl halides is 1. The second-order valence-corrected chi connectivity index (χ2v) is 20.4. The first-order valence-electron chi connectivity index (χ1n) is 23.7. The molecule has 3 fully saturated rings. The molecule has 50 heavy (non-hydrogen) atoms. The van der Waals surface area contributed by atoms with E-state index in [1.165, 1.54) is 146 Å². The topological polar surface area (TPSA) is 0 Å². The quantitative estimate of drug-likeness (QED) is 0.0443. The highest BCUT2D eigenvalue weighted by Gasteiger charge is 2.48. The van der Waals surface area contributed by atoms with Gasteiger partial charge >= 0.3 is 0 Å². The van der Waals surface area contributed by atoms with Gasteiger partial charge in [0.1, 0.15) is 0 Å². The normalized spacial score (nSPS) is 30.9. The minimum atomic E-state index is 0.818. The Hall–Kier alpha value is 0.470. The van der Waals surface area contributed by atoms with Gasteiger partial charge in [-0.15, -0.1) is 0 Å². The first kappa shape index (κ1) is 43.2. The molecule has 0 heterocycles. The van der Waals surface area contributed by atoms with Gasteiger partial charge in [-0.25, -0.2) is 0 Å². The van der Waals surface area contributed by atoms with Crippen LogP contribution in [0.25, 0.3) is 0 Å². The molecule has 1 heteroatoms. The Morgan fingerprint density at radius 1 is 0.680 bits per heavy atom. The van der Waals surface area contributed by atoms with Crippen molar-refractivity contribution < 1.29 is 0 Å². The summed E-state index contributed by atoms with van der Waals surface area (Å²) in [5.41, 5.74) is 1.83. The standard InChI is InChI=1S/C49H89I/c1-7-10-11-12-13-20-28-43(37(4)5)49(38(6)30-31-39-23-16-14-17-24-39)47-33-32-42(41-25-18-15-19-26-41)36-48(47)46(34-35-50)45-29-21-27-40(9-3)44(45)22-8-2/h23,37-38,40-49H,7-22,24-36H2,1-6H3. The monoisotopic (exact) mass is 805 g/mol. The van der Waals surface area contributed by atoms with Crippen LogP contribution in [-0.4, -0.2) is 4.43 Å². The van der Waals surface area contributed by atoms with Crippen molar-refractivity contribution in [2.45, 2.75) is 221 Å². The number of unbranched alkanes of at least 4 members (excludes halogenated alkanes) is 5. The van der Waals surface area contributed by atoms with Crippen molar-refractivity contribution in [2.75, 3.05) is 4.43 Å². The van der Waals surface area contributed by atoms with Crippen LogP contribution < -0.4 is 0 Å². The molecule has 0 N–H and O–H groups in total. The second kappa shape index (κ2) is 24.1. The molecule has 0 aromatic rings. The highest BCUT2D eigenvalue weighted by Crippen LogP contribution is 2.56. The molecule has 3 saturated carbocycles. The molecule has 0 bridgehead atoms. The van der Waals surface area contributed by atoms with E-state index in [0.717, 1.165) is 71.0 Å². The largest absolute Gasteiger partial charge is 0.0864 e. The van der Waals surface area contributed by atoms with Crippen LogP contribution in [0.3, 0.4) is 0 Å². The molecule has 0 saturated heterocycles. The fourth-order valence-corrected chi connectivity index (χ4v) is 14.1. The molecule has 0 spiro atoms. The van der Waals surface area contributed by atoms with Crippen molar-refractivity contribution >= 4 is 22.6 Å². The van der Waals surface area contributed by atoms with Gasteiger partial charge in [0.05, 0.1) is 0 Å². The average Bonchev–Trinajstić information content (AvgIpc) is 3.14. The molecule has 4 aliphatic carbocycles. The Bertz CT molecular complexity index is 897. The highest BCUT2D eigenvalue weighted by atomic mass is 127. The number of allylic oxidation sites excluding steroid dienone is 2. The highest BCUT2D eigenvalue weighted by molar-refractivity contribution is 14.1. The van der Waals surface area contributed by atoms with Crippen molar-refractivity contribution in [3.05, 3.63) is 11.6 Å². The molecule has 0 amide bonds. The number of halogens is 1. The molecule has 0 radical (unpaired) electrons. The average molecular weight is 805 g/mol. The zero-order chi connectivity index (χ0) is 35.7. The Morgan fingerprint density at radius 2 is 1.46 bits per heavy atom. The van der Waals surface area contributed by atoms with Crippen LogP contribution in [0.2, 0.25) is 0 Å². The number of hydrogen-bond acceptors (Lipinski definition) is 0. The van der Waals surface area contributed by atoms with E-state index >= 15 is 0 Å². The van der Waals surface area contributed by atoms with Gasteiger partial charge < -0.3 is 0 Å². The van der Waals surface area contributed by atoms with E-state index in [4.69, 9.17) is 0 Å². The molecular weight excluding hydrogens is 715 g/mol. The van der Waals surface area contributed by atoms with Crippen molar-refractivity contribution in [2.24, 2.45) is 71.0 Å². The summed E-state index contributed by atoms with van der Waals surface area (Å²) < 4.78 is 1.38. The van der Waals surface area contributed by atoms with Gasteiger partial charge in [0.15, 0.2) is 0 Å². The summed E-state index contributed by atoms with van der Waals surface area (Å²) in [6, 6.07) is 0. The smallest absolute Gasteiger partial charge is 0.000188 e. The summed E-state index contributed by atoms with van der Waals surface area (Å²) in [7, 11) is 0. The lowest BCUT2D eigenvalue weighted by molar-refractivity contribution is -0.0421. The molecular formula is C49H89I. The third-order valence-corrected chi connectivity index (χ3v) is 16.6. The zero-order valence-corrected chi connectivity index (χ0v) is 37.0. The van der Waals surface area contributed by atoms with Crippen LogP contribution in [-0.2, 0) is 0 Å². The molecule has 10 unspecified atom stereocenters. The molecule has 0 aromatic heterocycles. The molecule has 0 aromatic carbocycles. The maximum absolute atomic E-state index is 2.81. The van der Waals surface area contributed by atoms with Crippen LogP contribution in [0.5, 0.6) is 0 Å². The summed E-state index contributed by atoms with van der Waals surface area (Å²) >= 11 is 2.81. The van der Waals surface area contributed by atoms with Gasteiger partial charge in [-0.2, -0.15) is 0 Å².